The van der Waals surface area contributed by atoms with Crippen LogP contribution in [-0.4, -0.2) is 24.9 Å². The fourth-order valence-electron chi connectivity index (χ4n) is 0.596. The molecule has 0 amide bonds. The van der Waals surface area contributed by atoms with Crippen LogP contribution in [-0.2, 0) is 0 Å². The molecule has 50 valence electrons. The van der Waals surface area contributed by atoms with Crippen LogP contribution in [0.3, 0.4) is 0 Å². The maximum atomic E-state index is 2.58. The van der Waals surface area contributed by atoms with E-state index in [0.717, 1.165) is 12.1 Å². The van der Waals surface area contributed by atoms with E-state index in [4.69, 9.17) is 0 Å². The van der Waals surface area contributed by atoms with Gasteiger partial charge in [0.15, 0.2) is 0 Å². The van der Waals surface area contributed by atoms with Crippen LogP contribution in [0.25, 0.3) is 0 Å². The molecule has 9 heavy (non-hydrogen) atoms. The molecule has 0 aliphatic carbocycles. The maximum Gasteiger partial charge on any atom is 1.00 e. The second-order valence-electron chi connectivity index (χ2n) is 2.34. The summed E-state index contributed by atoms with van der Waals surface area (Å²) in [5, 5.41) is 0. The van der Waals surface area contributed by atoms with Crippen LogP contribution in [0.15, 0.2) is 0 Å². The summed E-state index contributed by atoms with van der Waals surface area (Å²) in [6.07, 6.45) is 0. The predicted octanol–water partition coefficient (Wildman–Crippen LogP) is -2.61. The van der Waals surface area contributed by atoms with E-state index in [-0.39, 0.29) is 51.4 Å². The van der Waals surface area contributed by atoms with Crippen LogP contribution < -0.4 is 51.4 Å². The largest absolute Gasteiger partial charge is 1.00 e. The Hall–Kier alpha value is 1.66. The summed E-state index contributed by atoms with van der Waals surface area (Å²) < 4.78 is 0. The van der Waals surface area contributed by atoms with Crippen LogP contribution >= 0.6 is 0 Å². The number of rotatable bonds is 2. The van der Waals surface area contributed by atoms with E-state index in [1.807, 2.05) is 0 Å². The first kappa shape index (κ1) is 13.3. The second-order valence-corrected chi connectivity index (χ2v) is 2.34. The van der Waals surface area contributed by atoms with Crippen LogP contribution in [0, 0.1) is 0 Å². The molecule has 0 atom stereocenters. The fourth-order valence-corrected chi connectivity index (χ4v) is 0.596. The van der Waals surface area contributed by atoms with E-state index in [0.29, 0.717) is 7.98 Å². The van der Waals surface area contributed by atoms with Crippen molar-refractivity contribution in [2.45, 2.75) is 39.8 Å². The van der Waals surface area contributed by atoms with Crippen molar-refractivity contribution in [1.82, 2.24) is 4.81 Å². The van der Waals surface area contributed by atoms with Gasteiger partial charge in [0.05, 0.1) is 0 Å². The molecule has 3 heteroatoms. The molecule has 0 radical (unpaired) electrons. The van der Waals surface area contributed by atoms with Gasteiger partial charge in [0, 0.05) is 7.98 Å². The Balaban J connectivity index is 0. The molecule has 0 saturated carbocycles. The van der Waals surface area contributed by atoms with Gasteiger partial charge in [0.25, 0.3) is 0 Å². The Bertz CT molecular complexity index is 58.1. The zero-order chi connectivity index (χ0) is 6.73. The van der Waals surface area contributed by atoms with Crippen molar-refractivity contribution >= 4 is 7.98 Å². The molecular formula is C6H17BKN. The quantitative estimate of drug-likeness (QED) is 0.393. The first-order valence-corrected chi connectivity index (χ1v) is 2.83. The Morgan fingerprint density at radius 2 is 1.22 bits per heavy atom. The molecule has 0 aromatic heterocycles. The van der Waals surface area contributed by atoms with Crippen LogP contribution in [0.5, 0.6) is 0 Å². The summed E-state index contributed by atoms with van der Waals surface area (Å²) in [5.41, 5.74) is 0. The molecule has 0 rings (SSSR count). The third kappa shape index (κ3) is 6.08. The Kier molecular flexibility index (Phi) is 9.40. The van der Waals surface area contributed by atoms with Crippen molar-refractivity contribution in [3.8, 4) is 0 Å². The summed E-state index contributed by atoms with van der Waals surface area (Å²) in [5.74, 6) is 0. The number of hydrogen-bond donors (Lipinski definition) is 0. The second kappa shape index (κ2) is 6.38. The zero-order valence-electron chi connectivity index (χ0n) is 6.60. The Labute approximate surface area is 102 Å². The van der Waals surface area contributed by atoms with E-state index in [9.17, 15) is 0 Å². The van der Waals surface area contributed by atoms with E-state index >= 15 is 0 Å². The van der Waals surface area contributed by atoms with Crippen molar-refractivity contribution < 1.29 is 51.4 Å². The molecule has 0 N–H and O–H groups in total. The van der Waals surface area contributed by atoms with Gasteiger partial charge in [-0.25, -0.2) is 0 Å². The maximum absolute atomic E-state index is 2.58. The molecule has 0 unspecified atom stereocenters. The van der Waals surface area contributed by atoms with E-state index in [2.05, 4.69) is 32.5 Å². The third-order valence-electron chi connectivity index (χ3n) is 0.596. The summed E-state index contributed by atoms with van der Waals surface area (Å²) in [6.45, 7) is 9.08. The molecule has 0 spiro atoms. The standard InChI is InChI=1S/C6H17BN.K/c1-5(2)8(7)6(3)4;/h5-6H,1-4,7H3;/q-1;+1. The molecule has 0 bridgehead atoms. The minimum atomic E-state index is 0. The minimum Gasteiger partial charge on any atom is -0.480 e. The van der Waals surface area contributed by atoms with E-state index in [1.165, 1.54) is 0 Å². The molecule has 0 aliphatic rings. The van der Waals surface area contributed by atoms with Gasteiger partial charge in [-0.1, -0.05) is 27.7 Å². The molecule has 0 aromatic carbocycles. The average Bonchev–Trinajstić information content (AvgIpc) is 1.64. The monoisotopic (exact) mass is 153 g/mol. The van der Waals surface area contributed by atoms with E-state index < -0.39 is 0 Å². The van der Waals surface area contributed by atoms with Gasteiger partial charge >= 0.3 is 51.4 Å². The first-order valence-electron chi connectivity index (χ1n) is 2.83. The molecule has 0 heterocycles. The van der Waals surface area contributed by atoms with Gasteiger partial charge in [0.1, 0.15) is 0 Å². The van der Waals surface area contributed by atoms with Gasteiger partial charge < -0.3 is 4.81 Å². The fraction of sp³-hybridized carbons (Fsp3) is 1.00. The summed E-state index contributed by atoms with van der Waals surface area (Å²) in [6, 6.07) is 1.57. The van der Waals surface area contributed by atoms with Gasteiger partial charge in [0.2, 0.25) is 0 Å². The zero-order valence-corrected chi connectivity index (χ0v) is 9.73. The Morgan fingerprint density at radius 1 is 1.00 bits per heavy atom. The average molecular weight is 153 g/mol. The normalized spacial score (nSPS) is 10.7. The van der Waals surface area contributed by atoms with Gasteiger partial charge in [-0.05, 0) is 12.1 Å². The first-order chi connectivity index (χ1) is 3.55. The molecule has 0 fully saturated rings. The molecule has 0 aliphatic heterocycles. The number of nitrogens with zero attached hydrogens (tertiary/aromatic N) is 1. The third-order valence-corrected chi connectivity index (χ3v) is 0.596. The summed E-state index contributed by atoms with van der Waals surface area (Å²) in [7, 11) is 0.426. The van der Waals surface area contributed by atoms with Gasteiger partial charge in [-0.3, -0.25) is 0 Å². The van der Waals surface area contributed by atoms with Gasteiger partial charge in [-0.15, -0.1) is 0 Å². The van der Waals surface area contributed by atoms with Crippen molar-refractivity contribution in [3.05, 3.63) is 0 Å². The topological polar surface area (TPSA) is 3.24 Å². The summed E-state index contributed by atoms with van der Waals surface area (Å²) in [4.78, 5) is 2.58. The van der Waals surface area contributed by atoms with Crippen molar-refractivity contribution in [2.24, 2.45) is 0 Å². The minimum absolute atomic E-state index is 0. The van der Waals surface area contributed by atoms with Crippen molar-refractivity contribution in [2.75, 3.05) is 0 Å². The summed E-state index contributed by atoms with van der Waals surface area (Å²) >= 11 is 0. The van der Waals surface area contributed by atoms with Crippen molar-refractivity contribution in [3.63, 3.8) is 0 Å². The molecular weight excluding hydrogens is 136 g/mol. The smallest absolute Gasteiger partial charge is 0.480 e. The van der Waals surface area contributed by atoms with Crippen LogP contribution in [0.2, 0.25) is 0 Å². The molecule has 1 nitrogen and oxygen atoms in total. The Morgan fingerprint density at radius 3 is 1.22 bits per heavy atom. The number of hydrogen-bond acceptors (Lipinski definition) is 1. The van der Waals surface area contributed by atoms with Crippen molar-refractivity contribution in [1.29, 1.82) is 0 Å². The van der Waals surface area contributed by atoms with E-state index in [1.54, 1.807) is 0 Å². The van der Waals surface area contributed by atoms with Crippen LogP contribution in [0.4, 0.5) is 0 Å². The predicted molar refractivity (Wildman–Crippen MR) is 42.1 cm³/mol. The SMILES string of the molecule is [BH3-]N(C(C)C)C(C)C.[K+]. The molecule has 0 aromatic rings. The van der Waals surface area contributed by atoms with Crippen LogP contribution in [0.1, 0.15) is 27.7 Å². The molecule has 0 saturated heterocycles. The van der Waals surface area contributed by atoms with Gasteiger partial charge in [-0.2, -0.15) is 0 Å².